The molecule has 0 atom stereocenters. The van der Waals surface area contributed by atoms with E-state index in [0.717, 1.165) is 40.9 Å². The summed E-state index contributed by atoms with van der Waals surface area (Å²) in [5, 5.41) is 13.8. The Morgan fingerprint density at radius 1 is 0.927 bits per heavy atom. The van der Waals surface area contributed by atoms with Gasteiger partial charge in [0.25, 0.3) is 0 Å². The maximum absolute atomic E-state index is 13.1. The zero-order valence-corrected chi connectivity index (χ0v) is 24.8. The highest BCUT2D eigenvalue weighted by molar-refractivity contribution is 5.69. The molecule has 0 fully saturated rings. The number of aromatic nitrogens is 3. The van der Waals surface area contributed by atoms with Crippen molar-refractivity contribution in [2.45, 2.75) is 78.3 Å². The monoisotopic (exact) mass is 555 g/mol. The molecular formula is C34H41N3O4. The topological polar surface area (TPSA) is 86.3 Å². The number of ether oxygens (including phenoxy) is 1. The van der Waals surface area contributed by atoms with Gasteiger partial charge >= 0.3 is 11.7 Å². The first kappa shape index (κ1) is 29.8. The third-order valence-electron chi connectivity index (χ3n) is 7.48. The second-order valence-electron chi connectivity index (χ2n) is 11.5. The van der Waals surface area contributed by atoms with Crippen LogP contribution in [0.25, 0.3) is 11.1 Å². The van der Waals surface area contributed by atoms with Crippen molar-refractivity contribution >= 4 is 5.97 Å². The molecule has 1 N–H and O–H groups in total. The molecule has 1 aromatic heterocycles. The van der Waals surface area contributed by atoms with Gasteiger partial charge in [0.1, 0.15) is 11.6 Å². The van der Waals surface area contributed by atoms with Crippen LogP contribution in [0.15, 0.2) is 71.5 Å². The molecule has 0 aliphatic carbocycles. The van der Waals surface area contributed by atoms with Crippen LogP contribution in [0.2, 0.25) is 0 Å². The Hall–Kier alpha value is -4.13. The Balaban J connectivity index is 1.44. The van der Waals surface area contributed by atoms with Crippen LogP contribution in [-0.4, -0.2) is 32.5 Å². The lowest BCUT2D eigenvalue weighted by molar-refractivity contribution is -0.136. The molecule has 7 heteroatoms. The number of rotatable bonds is 12. The van der Waals surface area contributed by atoms with E-state index in [1.165, 1.54) is 11.1 Å². The second kappa shape index (κ2) is 13.0. The molecule has 4 aromatic rings. The number of benzene rings is 3. The number of aliphatic carboxylic acids is 1. The summed E-state index contributed by atoms with van der Waals surface area (Å²) in [6, 6.07) is 22.8. The molecule has 0 unspecified atom stereocenters. The molecule has 0 bridgehead atoms. The van der Waals surface area contributed by atoms with Gasteiger partial charge in [-0.05, 0) is 77.1 Å². The molecule has 7 nitrogen and oxygen atoms in total. The number of methoxy groups -OCH3 is 1. The summed E-state index contributed by atoms with van der Waals surface area (Å²) in [6.45, 7) is 9.61. The van der Waals surface area contributed by atoms with E-state index in [0.29, 0.717) is 31.7 Å². The lowest BCUT2D eigenvalue weighted by Gasteiger charge is -2.19. The molecular weight excluding hydrogens is 514 g/mol. The minimum atomic E-state index is -0.826. The number of hydrogen-bond acceptors (Lipinski definition) is 4. The quantitative estimate of drug-likeness (QED) is 0.222. The van der Waals surface area contributed by atoms with E-state index >= 15 is 0 Å². The van der Waals surface area contributed by atoms with Gasteiger partial charge in [-0.25, -0.2) is 9.48 Å². The Labute approximate surface area is 242 Å². The minimum absolute atomic E-state index is 0.0575. The highest BCUT2D eigenvalue weighted by atomic mass is 16.5. The van der Waals surface area contributed by atoms with E-state index in [-0.39, 0.29) is 17.5 Å². The van der Waals surface area contributed by atoms with Crippen molar-refractivity contribution < 1.29 is 14.6 Å². The van der Waals surface area contributed by atoms with E-state index in [2.05, 4.69) is 63.2 Å². The molecule has 3 aromatic carbocycles. The largest absolute Gasteiger partial charge is 0.496 e. The summed E-state index contributed by atoms with van der Waals surface area (Å²) in [5.41, 5.74) is 6.55. The Kier molecular flexibility index (Phi) is 9.48. The van der Waals surface area contributed by atoms with E-state index in [9.17, 15) is 9.59 Å². The van der Waals surface area contributed by atoms with Gasteiger partial charge in [0.15, 0.2) is 0 Å². The number of aryl methyl sites for hydroxylation is 3. The van der Waals surface area contributed by atoms with Crippen LogP contribution in [0, 0.1) is 0 Å². The number of carbonyl (C=O) groups is 1. The van der Waals surface area contributed by atoms with Gasteiger partial charge in [-0.3, -0.25) is 9.36 Å². The van der Waals surface area contributed by atoms with Gasteiger partial charge in [0.2, 0.25) is 0 Å². The van der Waals surface area contributed by atoms with Crippen LogP contribution in [-0.2, 0) is 42.6 Å². The lowest BCUT2D eigenvalue weighted by atomic mass is 9.87. The van der Waals surface area contributed by atoms with Crippen molar-refractivity contribution in [1.29, 1.82) is 0 Å². The van der Waals surface area contributed by atoms with Crippen molar-refractivity contribution in [1.82, 2.24) is 14.3 Å². The summed E-state index contributed by atoms with van der Waals surface area (Å²) >= 11 is 0. The Morgan fingerprint density at radius 3 is 2.32 bits per heavy atom. The van der Waals surface area contributed by atoms with E-state index in [4.69, 9.17) is 14.9 Å². The molecule has 0 aliphatic heterocycles. The average Bonchev–Trinajstić information content (AvgIpc) is 3.25. The SMILES string of the molecule is CCn1c(CCCc2cccc(-c3ccc(OC)c(CCC(=O)O)c3)c2)nn(Cc2ccc(C(C)(C)C)cc2)c1=O. The van der Waals surface area contributed by atoms with Crippen LogP contribution in [0.1, 0.15) is 68.6 Å². The molecule has 4 rings (SSSR count). The zero-order chi connectivity index (χ0) is 29.6. The van der Waals surface area contributed by atoms with Gasteiger partial charge in [-0.1, -0.05) is 75.4 Å². The third kappa shape index (κ3) is 7.54. The molecule has 1 heterocycles. The molecule has 216 valence electrons. The van der Waals surface area contributed by atoms with Crippen LogP contribution in [0.4, 0.5) is 0 Å². The zero-order valence-electron chi connectivity index (χ0n) is 24.8. The molecule has 0 spiro atoms. The van der Waals surface area contributed by atoms with Crippen molar-refractivity contribution in [3.63, 3.8) is 0 Å². The summed E-state index contributed by atoms with van der Waals surface area (Å²) in [7, 11) is 1.60. The summed E-state index contributed by atoms with van der Waals surface area (Å²) in [5.74, 6) is 0.695. The Bertz CT molecular complexity index is 1540. The van der Waals surface area contributed by atoms with Crippen LogP contribution in [0.3, 0.4) is 0 Å². The average molecular weight is 556 g/mol. The van der Waals surface area contributed by atoms with Crippen molar-refractivity contribution in [3.8, 4) is 16.9 Å². The highest BCUT2D eigenvalue weighted by Gasteiger charge is 2.15. The predicted molar refractivity (Wildman–Crippen MR) is 163 cm³/mol. The Morgan fingerprint density at radius 2 is 1.66 bits per heavy atom. The van der Waals surface area contributed by atoms with Gasteiger partial charge in [0, 0.05) is 19.4 Å². The molecule has 0 saturated carbocycles. The first-order chi connectivity index (χ1) is 19.6. The van der Waals surface area contributed by atoms with E-state index < -0.39 is 5.97 Å². The fraction of sp³-hybridized carbons (Fsp3) is 0.382. The number of carboxylic acids is 1. The van der Waals surface area contributed by atoms with Gasteiger partial charge < -0.3 is 9.84 Å². The molecule has 0 aliphatic rings. The molecule has 0 amide bonds. The molecule has 41 heavy (non-hydrogen) atoms. The van der Waals surface area contributed by atoms with Crippen molar-refractivity contribution in [3.05, 3.63) is 105 Å². The third-order valence-corrected chi connectivity index (χ3v) is 7.48. The van der Waals surface area contributed by atoms with Gasteiger partial charge in [0.05, 0.1) is 13.7 Å². The highest BCUT2D eigenvalue weighted by Crippen LogP contribution is 2.28. The predicted octanol–water partition coefficient (Wildman–Crippen LogP) is 6.28. The van der Waals surface area contributed by atoms with Crippen LogP contribution >= 0.6 is 0 Å². The first-order valence-corrected chi connectivity index (χ1v) is 14.3. The molecule has 0 radical (unpaired) electrons. The van der Waals surface area contributed by atoms with E-state index in [1.807, 2.05) is 31.2 Å². The molecule has 0 saturated heterocycles. The smallest absolute Gasteiger partial charge is 0.346 e. The van der Waals surface area contributed by atoms with Crippen molar-refractivity contribution in [2.24, 2.45) is 0 Å². The number of carboxylic acid groups (broad SMARTS) is 1. The fourth-order valence-corrected chi connectivity index (χ4v) is 5.13. The van der Waals surface area contributed by atoms with Crippen molar-refractivity contribution in [2.75, 3.05) is 7.11 Å². The first-order valence-electron chi connectivity index (χ1n) is 14.3. The maximum Gasteiger partial charge on any atom is 0.346 e. The lowest BCUT2D eigenvalue weighted by Crippen LogP contribution is -2.25. The summed E-state index contributed by atoms with van der Waals surface area (Å²) in [6.07, 6.45) is 2.91. The normalized spacial score (nSPS) is 11.5. The van der Waals surface area contributed by atoms with Crippen LogP contribution < -0.4 is 10.4 Å². The van der Waals surface area contributed by atoms with E-state index in [1.54, 1.807) is 16.4 Å². The number of nitrogens with zero attached hydrogens (tertiary/aromatic N) is 3. The van der Waals surface area contributed by atoms with Gasteiger partial charge in [-0.15, -0.1) is 0 Å². The second-order valence-corrected chi connectivity index (χ2v) is 11.5. The summed E-state index contributed by atoms with van der Waals surface area (Å²) < 4.78 is 8.80. The number of hydrogen-bond donors (Lipinski definition) is 1. The fourth-order valence-electron chi connectivity index (χ4n) is 5.13. The van der Waals surface area contributed by atoms with Crippen LogP contribution in [0.5, 0.6) is 5.75 Å². The summed E-state index contributed by atoms with van der Waals surface area (Å²) in [4.78, 5) is 24.2. The van der Waals surface area contributed by atoms with Gasteiger partial charge in [-0.2, -0.15) is 5.10 Å². The maximum atomic E-state index is 13.1. The standard InChI is InChI=1S/C34H41N3O4/c1-6-36-31(35-37(33(36)40)23-25-13-17-29(18-14-25)34(2,3)4)12-8-10-24-9-7-11-26(21-24)27-15-19-30(41-5)28(22-27)16-20-32(38)39/h7,9,11,13-15,17-19,21-22H,6,8,10,12,16,20,23H2,1-5H3,(H,38,39). The minimum Gasteiger partial charge on any atom is -0.496 e.